The van der Waals surface area contributed by atoms with Gasteiger partial charge >= 0.3 is 0 Å². The van der Waals surface area contributed by atoms with E-state index in [2.05, 4.69) is 27.3 Å². The lowest BCUT2D eigenvalue weighted by Gasteiger charge is -2.33. The average molecular weight is 287 g/mol. The number of rotatable bonds is 4. The zero-order valence-electron chi connectivity index (χ0n) is 12.4. The zero-order chi connectivity index (χ0) is 14.2. The predicted molar refractivity (Wildman–Crippen MR) is 76.7 cm³/mol. The molecule has 2 aromatic rings. The molecule has 1 saturated heterocycles. The predicted octanol–water partition coefficient (Wildman–Crippen LogP) is 3.58. The van der Waals surface area contributed by atoms with Gasteiger partial charge in [-0.1, -0.05) is 16.7 Å². The van der Waals surface area contributed by atoms with Crippen LogP contribution in [0.3, 0.4) is 0 Å². The fraction of sp³-hybridized carbons (Fsp3) is 0.625. The number of likely N-dealkylation sites (tertiary alicyclic amines) is 1. The number of aryl methyl sites for hydroxylation is 1. The van der Waals surface area contributed by atoms with Gasteiger partial charge in [-0.3, -0.25) is 4.90 Å². The molecule has 112 valence electrons. The van der Waals surface area contributed by atoms with Crippen LogP contribution in [0.25, 0.3) is 0 Å². The van der Waals surface area contributed by atoms with Gasteiger partial charge in [0.05, 0.1) is 11.7 Å². The minimum atomic E-state index is 0.345. The molecule has 1 aliphatic carbocycles. The molecular weight excluding hydrogens is 266 g/mol. The van der Waals surface area contributed by atoms with Crippen molar-refractivity contribution in [1.82, 2.24) is 15.2 Å². The van der Waals surface area contributed by atoms with Crippen molar-refractivity contribution in [3.05, 3.63) is 35.0 Å². The van der Waals surface area contributed by atoms with E-state index >= 15 is 0 Å². The van der Waals surface area contributed by atoms with Crippen molar-refractivity contribution in [2.45, 2.75) is 57.5 Å². The quantitative estimate of drug-likeness (QED) is 0.860. The van der Waals surface area contributed by atoms with Crippen LogP contribution in [0.4, 0.5) is 0 Å². The first-order valence-corrected chi connectivity index (χ1v) is 7.92. The van der Waals surface area contributed by atoms with E-state index in [-0.39, 0.29) is 0 Å². The van der Waals surface area contributed by atoms with Crippen molar-refractivity contribution >= 4 is 0 Å². The van der Waals surface area contributed by atoms with E-state index in [9.17, 15) is 0 Å². The molecule has 3 heterocycles. The largest absolute Gasteiger partial charge is 0.361 e. The first kappa shape index (κ1) is 13.1. The second kappa shape index (κ2) is 5.30. The second-order valence-corrected chi connectivity index (χ2v) is 6.34. The summed E-state index contributed by atoms with van der Waals surface area (Å²) in [6.45, 7) is 3.87. The van der Waals surface area contributed by atoms with Crippen LogP contribution in [0, 0.1) is 6.92 Å². The minimum absolute atomic E-state index is 0.345. The van der Waals surface area contributed by atoms with Gasteiger partial charge in [0.1, 0.15) is 17.2 Å². The molecule has 1 saturated carbocycles. The second-order valence-electron chi connectivity index (χ2n) is 6.34. The Morgan fingerprint density at radius 1 is 1.14 bits per heavy atom. The molecule has 2 fully saturated rings. The molecule has 0 unspecified atom stereocenters. The summed E-state index contributed by atoms with van der Waals surface area (Å²) in [5.74, 6) is 2.57. The third-order valence-electron chi connectivity index (χ3n) is 4.52. The minimum Gasteiger partial charge on any atom is -0.361 e. The summed E-state index contributed by atoms with van der Waals surface area (Å²) in [6.07, 6.45) is 6.12. The summed E-state index contributed by atoms with van der Waals surface area (Å²) in [7, 11) is 0. The van der Waals surface area contributed by atoms with E-state index < -0.39 is 0 Å². The van der Waals surface area contributed by atoms with Gasteiger partial charge in [0, 0.05) is 24.6 Å². The lowest BCUT2D eigenvalue weighted by atomic mass is 9.99. The number of hydrogen-bond donors (Lipinski definition) is 0. The summed E-state index contributed by atoms with van der Waals surface area (Å²) >= 11 is 0. The molecule has 0 aromatic carbocycles. The third kappa shape index (κ3) is 2.75. The molecule has 1 atom stereocenters. The third-order valence-corrected chi connectivity index (χ3v) is 4.52. The van der Waals surface area contributed by atoms with Crippen LogP contribution in [-0.4, -0.2) is 21.8 Å². The van der Waals surface area contributed by atoms with E-state index in [0.29, 0.717) is 12.0 Å². The molecule has 5 nitrogen and oxygen atoms in total. The Labute approximate surface area is 124 Å². The number of piperidine rings is 1. The lowest BCUT2D eigenvalue weighted by molar-refractivity contribution is 0.130. The zero-order valence-corrected chi connectivity index (χ0v) is 12.4. The van der Waals surface area contributed by atoms with E-state index in [4.69, 9.17) is 9.05 Å². The maximum absolute atomic E-state index is 5.46. The van der Waals surface area contributed by atoms with Crippen LogP contribution in [-0.2, 0) is 6.54 Å². The van der Waals surface area contributed by atoms with Crippen molar-refractivity contribution in [3.8, 4) is 0 Å². The molecule has 1 aliphatic heterocycles. The van der Waals surface area contributed by atoms with Crippen LogP contribution >= 0.6 is 0 Å². The van der Waals surface area contributed by atoms with Gasteiger partial charge in [-0.25, -0.2) is 0 Å². The summed E-state index contributed by atoms with van der Waals surface area (Å²) in [4.78, 5) is 2.45. The topological polar surface area (TPSA) is 55.3 Å². The summed E-state index contributed by atoms with van der Waals surface area (Å²) in [6, 6.07) is 4.54. The maximum Gasteiger partial charge on any atom is 0.140 e. The Morgan fingerprint density at radius 3 is 2.81 bits per heavy atom. The van der Waals surface area contributed by atoms with Gasteiger partial charge in [0.25, 0.3) is 0 Å². The Balaban J connectivity index is 1.50. The number of aromatic nitrogens is 2. The lowest BCUT2D eigenvalue weighted by Crippen LogP contribution is -2.33. The molecule has 2 aromatic heterocycles. The maximum atomic E-state index is 5.46. The first-order chi connectivity index (χ1) is 10.3. The fourth-order valence-electron chi connectivity index (χ4n) is 3.23. The monoisotopic (exact) mass is 287 g/mol. The van der Waals surface area contributed by atoms with Crippen molar-refractivity contribution in [1.29, 1.82) is 0 Å². The van der Waals surface area contributed by atoms with Crippen LogP contribution in [0.15, 0.2) is 21.2 Å². The molecule has 21 heavy (non-hydrogen) atoms. The molecule has 4 rings (SSSR count). The van der Waals surface area contributed by atoms with Crippen molar-refractivity contribution in [3.63, 3.8) is 0 Å². The highest BCUT2D eigenvalue weighted by molar-refractivity contribution is 5.15. The highest BCUT2D eigenvalue weighted by Crippen LogP contribution is 2.40. The van der Waals surface area contributed by atoms with Gasteiger partial charge in [-0.2, -0.15) is 0 Å². The Kier molecular flexibility index (Phi) is 3.30. The Hall–Kier alpha value is -1.62. The summed E-state index contributed by atoms with van der Waals surface area (Å²) < 4.78 is 10.7. The molecule has 0 N–H and O–H groups in total. The highest BCUT2D eigenvalue weighted by atomic mass is 16.5. The van der Waals surface area contributed by atoms with Gasteiger partial charge in [-0.15, -0.1) is 0 Å². The Bertz CT molecular complexity index is 615. The SMILES string of the molecule is Cc1cc([C@@H]2CCCCN2Cc2cc(C3CC3)on2)no1. The first-order valence-electron chi connectivity index (χ1n) is 7.92. The van der Waals surface area contributed by atoms with E-state index in [1.807, 2.05) is 6.92 Å². The molecule has 0 spiro atoms. The highest BCUT2D eigenvalue weighted by Gasteiger charge is 2.30. The standard InChI is InChI=1S/C16H21N3O2/c1-11-8-14(18-20-11)15-4-2-3-7-19(15)10-13-9-16(21-17-13)12-5-6-12/h8-9,12,15H,2-7,10H2,1H3/t15-/m0/s1. The summed E-state index contributed by atoms with van der Waals surface area (Å²) in [5.41, 5.74) is 2.10. The van der Waals surface area contributed by atoms with Crippen molar-refractivity contribution in [2.75, 3.05) is 6.54 Å². The molecule has 2 aliphatic rings. The average Bonchev–Trinajstić information content (AvgIpc) is 3.09. The molecule has 0 amide bonds. The number of hydrogen-bond acceptors (Lipinski definition) is 5. The molecule has 0 radical (unpaired) electrons. The summed E-state index contributed by atoms with van der Waals surface area (Å²) in [5, 5.41) is 8.46. The normalized spacial score (nSPS) is 23.6. The smallest absolute Gasteiger partial charge is 0.140 e. The molecule has 0 bridgehead atoms. The van der Waals surface area contributed by atoms with Crippen molar-refractivity contribution < 1.29 is 9.05 Å². The van der Waals surface area contributed by atoms with Gasteiger partial charge in [0.2, 0.25) is 0 Å². The van der Waals surface area contributed by atoms with Crippen LogP contribution in [0.5, 0.6) is 0 Å². The Morgan fingerprint density at radius 2 is 2.05 bits per heavy atom. The van der Waals surface area contributed by atoms with Gasteiger partial charge in [0.15, 0.2) is 0 Å². The van der Waals surface area contributed by atoms with Crippen LogP contribution < -0.4 is 0 Å². The van der Waals surface area contributed by atoms with E-state index in [0.717, 1.165) is 42.4 Å². The van der Waals surface area contributed by atoms with Gasteiger partial charge in [-0.05, 0) is 39.2 Å². The molecular formula is C16H21N3O2. The van der Waals surface area contributed by atoms with Crippen molar-refractivity contribution in [2.24, 2.45) is 0 Å². The van der Waals surface area contributed by atoms with E-state index in [1.54, 1.807) is 0 Å². The van der Waals surface area contributed by atoms with E-state index in [1.165, 1.54) is 25.7 Å². The fourth-order valence-corrected chi connectivity index (χ4v) is 3.23. The van der Waals surface area contributed by atoms with Gasteiger partial charge < -0.3 is 9.05 Å². The number of nitrogens with zero attached hydrogens (tertiary/aromatic N) is 3. The molecule has 5 heteroatoms. The van der Waals surface area contributed by atoms with Crippen LogP contribution in [0.1, 0.15) is 67.0 Å². The van der Waals surface area contributed by atoms with Crippen LogP contribution in [0.2, 0.25) is 0 Å².